The molecule has 0 bridgehead atoms. The first-order valence-corrected chi connectivity index (χ1v) is 6.40. The molecular formula is C16H17NO. The summed E-state index contributed by atoms with van der Waals surface area (Å²) in [4.78, 5) is 0. The molecule has 2 heteroatoms. The van der Waals surface area contributed by atoms with Gasteiger partial charge in [0.1, 0.15) is 5.75 Å². The zero-order valence-electron chi connectivity index (χ0n) is 10.8. The van der Waals surface area contributed by atoms with Crippen LogP contribution in [-0.2, 0) is 6.54 Å². The minimum absolute atomic E-state index is 0.919. The van der Waals surface area contributed by atoms with Crippen molar-refractivity contribution in [2.45, 2.75) is 19.9 Å². The number of methoxy groups -OCH3 is 1. The molecule has 0 saturated heterocycles. The highest BCUT2D eigenvalue weighted by molar-refractivity contribution is 6.08. The first-order chi connectivity index (χ1) is 8.85. The van der Waals surface area contributed by atoms with Gasteiger partial charge >= 0.3 is 0 Å². The molecule has 0 fully saturated rings. The van der Waals surface area contributed by atoms with Crippen molar-refractivity contribution in [1.29, 1.82) is 0 Å². The van der Waals surface area contributed by atoms with Gasteiger partial charge in [-0.1, -0.05) is 25.1 Å². The number of nitrogens with zero attached hydrogens (tertiary/aromatic N) is 1. The van der Waals surface area contributed by atoms with E-state index in [2.05, 4.69) is 47.9 Å². The van der Waals surface area contributed by atoms with Crippen molar-refractivity contribution >= 4 is 21.8 Å². The van der Waals surface area contributed by atoms with Gasteiger partial charge < -0.3 is 9.30 Å². The third-order valence-electron chi connectivity index (χ3n) is 3.43. The van der Waals surface area contributed by atoms with Gasteiger partial charge in [-0.15, -0.1) is 0 Å². The van der Waals surface area contributed by atoms with Gasteiger partial charge in [0.25, 0.3) is 0 Å². The molecule has 0 aliphatic heterocycles. The van der Waals surface area contributed by atoms with Crippen molar-refractivity contribution in [1.82, 2.24) is 4.57 Å². The highest BCUT2D eigenvalue weighted by Gasteiger charge is 2.09. The summed E-state index contributed by atoms with van der Waals surface area (Å²) in [6.07, 6.45) is 1.13. The molecule has 3 aromatic rings. The average molecular weight is 239 g/mol. The highest BCUT2D eigenvalue weighted by atomic mass is 16.5. The molecular weight excluding hydrogens is 222 g/mol. The van der Waals surface area contributed by atoms with E-state index in [1.54, 1.807) is 7.11 Å². The second kappa shape index (κ2) is 4.37. The number of para-hydroxylation sites is 1. The van der Waals surface area contributed by atoms with Crippen LogP contribution in [0.3, 0.4) is 0 Å². The third kappa shape index (κ3) is 1.57. The van der Waals surface area contributed by atoms with Gasteiger partial charge in [0.2, 0.25) is 0 Å². The quantitative estimate of drug-likeness (QED) is 0.667. The van der Waals surface area contributed by atoms with Crippen LogP contribution in [0, 0.1) is 0 Å². The van der Waals surface area contributed by atoms with Crippen molar-refractivity contribution in [2.24, 2.45) is 0 Å². The van der Waals surface area contributed by atoms with E-state index in [1.807, 2.05) is 6.07 Å². The van der Waals surface area contributed by atoms with Crippen molar-refractivity contribution < 1.29 is 4.74 Å². The Bertz CT molecular complexity index is 697. The standard InChI is InChI=1S/C16H17NO/c1-3-10-17-15-7-5-4-6-13(15)14-9-8-12(18-2)11-16(14)17/h4-9,11H,3,10H2,1-2H3. The highest BCUT2D eigenvalue weighted by Crippen LogP contribution is 2.31. The summed E-state index contributed by atoms with van der Waals surface area (Å²) in [7, 11) is 1.72. The smallest absolute Gasteiger partial charge is 0.120 e. The lowest BCUT2D eigenvalue weighted by atomic mass is 10.1. The van der Waals surface area contributed by atoms with E-state index in [9.17, 15) is 0 Å². The number of aryl methyl sites for hydroxylation is 1. The van der Waals surface area contributed by atoms with Crippen LogP contribution in [0.25, 0.3) is 21.8 Å². The summed E-state index contributed by atoms with van der Waals surface area (Å²) < 4.78 is 7.72. The predicted octanol–water partition coefficient (Wildman–Crippen LogP) is 4.21. The van der Waals surface area contributed by atoms with Crippen LogP contribution < -0.4 is 4.74 Å². The van der Waals surface area contributed by atoms with E-state index in [0.717, 1.165) is 18.7 Å². The maximum absolute atomic E-state index is 5.34. The first kappa shape index (κ1) is 11.1. The fourth-order valence-corrected chi connectivity index (χ4v) is 2.62. The van der Waals surface area contributed by atoms with Crippen LogP contribution in [-0.4, -0.2) is 11.7 Å². The van der Waals surface area contributed by atoms with Crippen molar-refractivity contribution in [3.63, 3.8) is 0 Å². The fraction of sp³-hybridized carbons (Fsp3) is 0.250. The number of hydrogen-bond donors (Lipinski definition) is 0. The van der Waals surface area contributed by atoms with E-state index in [-0.39, 0.29) is 0 Å². The van der Waals surface area contributed by atoms with Crippen LogP contribution in [0.1, 0.15) is 13.3 Å². The fourth-order valence-electron chi connectivity index (χ4n) is 2.62. The van der Waals surface area contributed by atoms with Gasteiger partial charge in [-0.3, -0.25) is 0 Å². The molecule has 18 heavy (non-hydrogen) atoms. The molecule has 3 rings (SSSR count). The van der Waals surface area contributed by atoms with Crippen molar-refractivity contribution in [3.8, 4) is 5.75 Å². The van der Waals surface area contributed by atoms with Crippen LogP contribution in [0.15, 0.2) is 42.5 Å². The molecule has 0 spiro atoms. The van der Waals surface area contributed by atoms with E-state index in [1.165, 1.54) is 21.8 Å². The normalized spacial score (nSPS) is 11.2. The van der Waals surface area contributed by atoms with E-state index < -0.39 is 0 Å². The first-order valence-electron chi connectivity index (χ1n) is 6.40. The molecule has 92 valence electrons. The molecule has 0 unspecified atom stereocenters. The number of fused-ring (bicyclic) bond motifs is 3. The lowest BCUT2D eigenvalue weighted by molar-refractivity contribution is 0.415. The lowest BCUT2D eigenvalue weighted by Crippen LogP contribution is -1.95. The zero-order chi connectivity index (χ0) is 12.5. The molecule has 0 atom stereocenters. The number of hydrogen-bond acceptors (Lipinski definition) is 1. The van der Waals surface area contributed by atoms with Crippen LogP contribution >= 0.6 is 0 Å². The second-order valence-electron chi connectivity index (χ2n) is 4.55. The van der Waals surface area contributed by atoms with Crippen LogP contribution in [0.2, 0.25) is 0 Å². The molecule has 1 aromatic heterocycles. The Hall–Kier alpha value is -1.96. The molecule has 0 saturated carbocycles. The molecule has 2 aromatic carbocycles. The Balaban J connectivity index is 2.42. The van der Waals surface area contributed by atoms with Gasteiger partial charge in [0, 0.05) is 28.9 Å². The van der Waals surface area contributed by atoms with Gasteiger partial charge in [-0.05, 0) is 24.6 Å². The number of aromatic nitrogens is 1. The predicted molar refractivity (Wildman–Crippen MR) is 76.3 cm³/mol. The summed E-state index contributed by atoms with van der Waals surface area (Å²) >= 11 is 0. The van der Waals surface area contributed by atoms with Gasteiger partial charge in [0.05, 0.1) is 12.6 Å². The largest absolute Gasteiger partial charge is 0.497 e. The molecule has 2 nitrogen and oxygen atoms in total. The third-order valence-corrected chi connectivity index (χ3v) is 3.43. The Morgan fingerprint density at radius 1 is 1.00 bits per heavy atom. The van der Waals surface area contributed by atoms with Gasteiger partial charge in [-0.2, -0.15) is 0 Å². The van der Waals surface area contributed by atoms with E-state index >= 15 is 0 Å². The summed E-state index contributed by atoms with van der Waals surface area (Å²) in [5, 5.41) is 2.63. The van der Waals surface area contributed by atoms with Crippen molar-refractivity contribution in [3.05, 3.63) is 42.5 Å². The van der Waals surface area contributed by atoms with Gasteiger partial charge in [0.15, 0.2) is 0 Å². The summed E-state index contributed by atoms with van der Waals surface area (Å²) in [6, 6.07) is 14.9. The van der Waals surface area contributed by atoms with Crippen LogP contribution in [0.4, 0.5) is 0 Å². The molecule has 1 heterocycles. The molecule has 0 radical (unpaired) electrons. The number of ether oxygens (including phenoxy) is 1. The maximum Gasteiger partial charge on any atom is 0.120 e. The Labute approximate surface area is 107 Å². The topological polar surface area (TPSA) is 14.2 Å². The maximum atomic E-state index is 5.34. The Morgan fingerprint density at radius 3 is 2.56 bits per heavy atom. The lowest BCUT2D eigenvalue weighted by Gasteiger charge is -2.06. The SMILES string of the molecule is CCCn1c2ccccc2c2ccc(OC)cc21. The Morgan fingerprint density at radius 2 is 1.78 bits per heavy atom. The zero-order valence-corrected chi connectivity index (χ0v) is 10.8. The average Bonchev–Trinajstić information content (AvgIpc) is 2.73. The molecule has 0 aliphatic rings. The van der Waals surface area contributed by atoms with Crippen molar-refractivity contribution in [2.75, 3.05) is 7.11 Å². The number of benzene rings is 2. The molecule has 0 N–H and O–H groups in total. The van der Waals surface area contributed by atoms with E-state index in [4.69, 9.17) is 4.74 Å². The van der Waals surface area contributed by atoms with Gasteiger partial charge in [-0.25, -0.2) is 0 Å². The molecule has 0 amide bonds. The Kier molecular flexibility index (Phi) is 2.71. The summed E-state index contributed by atoms with van der Waals surface area (Å²) in [5.74, 6) is 0.919. The van der Waals surface area contributed by atoms with E-state index in [0.29, 0.717) is 0 Å². The monoisotopic (exact) mass is 239 g/mol. The number of rotatable bonds is 3. The summed E-state index contributed by atoms with van der Waals surface area (Å²) in [6.45, 7) is 3.25. The van der Waals surface area contributed by atoms with Crippen LogP contribution in [0.5, 0.6) is 5.75 Å². The second-order valence-corrected chi connectivity index (χ2v) is 4.55. The minimum Gasteiger partial charge on any atom is -0.497 e. The summed E-state index contributed by atoms with van der Waals surface area (Å²) in [5.41, 5.74) is 2.57. The minimum atomic E-state index is 0.919. The molecule has 0 aliphatic carbocycles.